The van der Waals surface area contributed by atoms with Gasteiger partial charge in [-0.2, -0.15) is 0 Å². The van der Waals surface area contributed by atoms with Gasteiger partial charge in [0.05, 0.1) is 12.0 Å². The first kappa shape index (κ1) is 16.4. The summed E-state index contributed by atoms with van der Waals surface area (Å²) in [5.41, 5.74) is 1.07. The third-order valence-corrected chi connectivity index (χ3v) is 3.66. The number of hydrogen-bond acceptors (Lipinski definition) is 3. The van der Waals surface area contributed by atoms with Gasteiger partial charge in [-0.25, -0.2) is 0 Å². The molecule has 1 aliphatic rings. The molecule has 0 aromatic heterocycles. The lowest BCUT2D eigenvalue weighted by Crippen LogP contribution is -2.35. The molecule has 0 amide bonds. The van der Waals surface area contributed by atoms with Gasteiger partial charge in [0.1, 0.15) is 17.1 Å². The summed E-state index contributed by atoms with van der Waals surface area (Å²) in [6, 6.07) is 10.7. The Morgan fingerprint density at radius 1 is 1.08 bits per heavy atom. The summed E-state index contributed by atoms with van der Waals surface area (Å²) in [7, 11) is 0. The molecule has 0 saturated carbocycles. The molecule has 126 valence electrons. The molecule has 2 aromatic rings. The van der Waals surface area contributed by atoms with Gasteiger partial charge in [-0.05, 0) is 49.2 Å². The average Bonchev–Trinajstić information content (AvgIpc) is 2.43. The Morgan fingerprint density at radius 3 is 2.50 bits per heavy atom. The standard InChI is InChI=1S/C18H15F3O3/c1-17(2)10-15(22)14-7-6-12(9-16(14)24-17)11-4-3-5-13(8-11)23-18(19,20)21/h3-9H,10H2,1-2H3. The molecule has 0 spiro atoms. The second kappa shape index (κ2) is 5.54. The van der Waals surface area contributed by atoms with Gasteiger partial charge in [-0.3, -0.25) is 4.79 Å². The molecule has 6 heteroatoms. The predicted octanol–water partition coefficient (Wildman–Crippen LogP) is 5.00. The first-order chi connectivity index (χ1) is 11.1. The Hall–Kier alpha value is -2.50. The van der Waals surface area contributed by atoms with E-state index < -0.39 is 12.0 Å². The summed E-state index contributed by atoms with van der Waals surface area (Å²) < 4.78 is 46.8. The van der Waals surface area contributed by atoms with Crippen LogP contribution >= 0.6 is 0 Å². The summed E-state index contributed by atoms with van der Waals surface area (Å²) in [6.07, 6.45) is -4.46. The highest BCUT2D eigenvalue weighted by molar-refractivity contribution is 6.00. The molecular weight excluding hydrogens is 321 g/mol. The van der Waals surface area contributed by atoms with E-state index in [1.54, 1.807) is 24.3 Å². The molecule has 3 rings (SSSR count). The van der Waals surface area contributed by atoms with E-state index in [1.807, 2.05) is 13.8 Å². The SMILES string of the molecule is CC1(C)CC(=O)c2ccc(-c3cccc(OC(F)(F)F)c3)cc2O1. The summed E-state index contributed by atoms with van der Waals surface area (Å²) in [5.74, 6) is 0.132. The molecule has 1 heterocycles. The van der Waals surface area contributed by atoms with Gasteiger partial charge in [0.15, 0.2) is 5.78 Å². The van der Waals surface area contributed by atoms with Crippen molar-refractivity contribution in [3.8, 4) is 22.6 Å². The average molecular weight is 336 g/mol. The first-order valence-electron chi connectivity index (χ1n) is 7.35. The molecule has 3 nitrogen and oxygen atoms in total. The molecule has 0 aliphatic carbocycles. The number of halogens is 3. The van der Waals surface area contributed by atoms with Crippen molar-refractivity contribution in [2.45, 2.75) is 32.2 Å². The fourth-order valence-electron chi connectivity index (χ4n) is 2.71. The Bertz CT molecular complexity index is 794. The van der Waals surface area contributed by atoms with Crippen molar-refractivity contribution < 1.29 is 27.4 Å². The van der Waals surface area contributed by atoms with E-state index in [-0.39, 0.29) is 18.0 Å². The van der Waals surface area contributed by atoms with Gasteiger partial charge in [0, 0.05) is 0 Å². The van der Waals surface area contributed by atoms with Crippen LogP contribution in [0, 0.1) is 0 Å². The minimum absolute atomic E-state index is 0.0121. The fourth-order valence-corrected chi connectivity index (χ4v) is 2.71. The third kappa shape index (κ3) is 3.53. The van der Waals surface area contributed by atoms with Gasteiger partial charge in [0.2, 0.25) is 0 Å². The van der Waals surface area contributed by atoms with E-state index in [0.29, 0.717) is 22.4 Å². The van der Waals surface area contributed by atoms with Gasteiger partial charge in [-0.15, -0.1) is 13.2 Å². The van der Waals surface area contributed by atoms with Crippen molar-refractivity contribution in [3.63, 3.8) is 0 Å². The summed E-state index contributed by atoms with van der Waals surface area (Å²) in [6.45, 7) is 3.64. The van der Waals surface area contributed by atoms with Gasteiger partial charge < -0.3 is 9.47 Å². The predicted molar refractivity (Wildman–Crippen MR) is 82.2 cm³/mol. The summed E-state index contributed by atoms with van der Waals surface area (Å²) >= 11 is 0. The highest BCUT2D eigenvalue weighted by Gasteiger charge is 2.33. The Labute approximate surface area is 137 Å². The lowest BCUT2D eigenvalue weighted by molar-refractivity contribution is -0.274. The fraction of sp³-hybridized carbons (Fsp3) is 0.278. The number of benzene rings is 2. The number of rotatable bonds is 2. The second-order valence-electron chi connectivity index (χ2n) is 6.25. The number of alkyl halides is 3. The Morgan fingerprint density at radius 2 is 1.79 bits per heavy atom. The molecule has 24 heavy (non-hydrogen) atoms. The van der Waals surface area contributed by atoms with Crippen molar-refractivity contribution in [1.29, 1.82) is 0 Å². The zero-order chi connectivity index (χ0) is 17.5. The van der Waals surface area contributed by atoms with E-state index >= 15 is 0 Å². The second-order valence-corrected chi connectivity index (χ2v) is 6.25. The zero-order valence-electron chi connectivity index (χ0n) is 13.1. The number of ketones is 1. The van der Waals surface area contributed by atoms with Crippen LogP contribution in [-0.4, -0.2) is 17.7 Å². The van der Waals surface area contributed by atoms with Crippen LogP contribution in [0.25, 0.3) is 11.1 Å². The van der Waals surface area contributed by atoms with Crippen LogP contribution in [0.5, 0.6) is 11.5 Å². The van der Waals surface area contributed by atoms with Crippen LogP contribution < -0.4 is 9.47 Å². The van der Waals surface area contributed by atoms with Crippen molar-refractivity contribution >= 4 is 5.78 Å². The maximum Gasteiger partial charge on any atom is 0.573 e. The largest absolute Gasteiger partial charge is 0.573 e. The molecule has 0 saturated heterocycles. The van der Waals surface area contributed by atoms with Crippen LogP contribution in [0.4, 0.5) is 13.2 Å². The van der Waals surface area contributed by atoms with E-state index in [0.717, 1.165) is 0 Å². The van der Waals surface area contributed by atoms with E-state index in [2.05, 4.69) is 4.74 Å². The number of carbonyl (C=O) groups excluding carboxylic acids is 1. The van der Waals surface area contributed by atoms with Gasteiger partial charge in [-0.1, -0.05) is 18.2 Å². The zero-order valence-corrected chi connectivity index (χ0v) is 13.1. The minimum Gasteiger partial charge on any atom is -0.487 e. The molecule has 0 unspecified atom stereocenters. The molecule has 0 radical (unpaired) electrons. The summed E-state index contributed by atoms with van der Waals surface area (Å²) in [5, 5.41) is 0. The number of hydrogen-bond donors (Lipinski definition) is 0. The van der Waals surface area contributed by atoms with Crippen LogP contribution in [0.1, 0.15) is 30.6 Å². The van der Waals surface area contributed by atoms with Gasteiger partial charge in [0.25, 0.3) is 0 Å². The maximum atomic E-state index is 12.3. The van der Waals surface area contributed by atoms with Crippen LogP contribution in [0.15, 0.2) is 42.5 Å². The first-order valence-corrected chi connectivity index (χ1v) is 7.35. The van der Waals surface area contributed by atoms with E-state index in [9.17, 15) is 18.0 Å². The molecule has 1 aliphatic heterocycles. The van der Waals surface area contributed by atoms with Crippen molar-refractivity contribution in [2.75, 3.05) is 0 Å². The van der Waals surface area contributed by atoms with Crippen molar-refractivity contribution in [1.82, 2.24) is 0 Å². The molecule has 0 atom stereocenters. The monoisotopic (exact) mass is 336 g/mol. The molecule has 0 bridgehead atoms. The molecule has 2 aromatic carbocycles. The van der Waals surface area contributed by atoms with Gasteiger partial charge >= 0.3 is 6.36 Å². The normalized spacial score (nSPS) is 16.3. The number of ether oxygens (including phenoxy) is 2. The van der Waals surface area contributed by atoms with Crippen molar-refractivity contribution in [2.24, 2.45) is 0 Å². The van der Waals surface area contributed by atoms with Crippen LogP contribution in [0.3, 0.4) is 0 Å². The van der Waals surface area contributed by atoms with Crippen molar-refractivity contribution in [3.05, 3.63) is 48.0 Å². The minimum atomic E-state index is -4.74. The molecule has 0 N–H and O–H groups in total. The van der Waals surface area contributed by atoms with E-state index in [4.69, 9.17) is 4.74 Å². The number of carbonyl (C=O) groups is 1. The Balaban J connectivity index is 1.97. The quantitative estimate of drug-likeness (QED) is 0.774. The van der Waals surface area contributed by atoms with E-state index in [1.165, 1.54) is 18.2 Å². The topological polar surface area (TPSA) is 35.5 Å². The van der Waals surface area contributed by atoms with Crippen LogP contribution in [-0.2, 0) is 0 Å². The number of fused-ring (bicyclic) bond motifs is 1. The lowest BCUT2D eigenvalue weighted by atomic mass is 9.91. The highest BCUT2D eigenvalue weighted by atomic mass is 19.4. The third-order valence-electron chi connectivity index (χ3n) is 3.66. The summed E-state index contributed by atoms with van der Waals surface area (Å²) in [4.78, 5) is 12.1. The smallest absolute Gasteiger partial charge is 0.487 e. The Kier molecular flexibility index (Phi) is 3.78. The molecule has 0 fully saturated rings. The number of Topliss-reactive ketones (excluding diaryl/α,β-unsaturated/α-hetero) is 1. The highest BCUT2D eigenvalue weighted by Crippen LogP contribution is 2.37. The van der Waals surface area contributed by atoms with Crippen LogP contribution in [0.2, 0.25) is 0 Å². The molecular formula is C18H15F3O3. The lowest BCUT2D eigenvalue weighted by Gasteiger charge is -2.31. The maximum absolute atomic E-state index is 12.3.